The van der Waals surface area contributed by atoms with Crippen LogP contribution in [0.2, 0.25) is 0 Å². The third-order valence-electron chi connectivity index (χ3n) is 3.20. The van der Waals surface area contributed by atoms with Crippen molar-refractivity contribution in [3.05, 3.63) is 0 Å². The third kappa shape index (κ3) is 3.56. The van der Waals surface area contributed by atoms with Gasteiger partial charge in [-0.3, -0.25) is 4.79 Å². The SMILES string of the molecule is CCC(CC)N(CCCl)C(=O)C1CCCS1. The highest BCUT2D eigenvalue weighted by Gasteiger charge is 2.30. The maximum atomic E-state index is 12.3. The van der Waals surface area contributed by atoms with Gasteiger partial charge in [0, 0.05) is 18.5 Å². The molecule has 0 aromatic rings. The molecule has 0 aliphatic carbocycles. The summed E-state index contributed by atoms with van der Waals surface area (Å²) in [6, 6.07) is 0.368. The van der Waals surface area contributed by atoms with Gasteiger partial charge >= 0.3 is 0 Å². The fourth-order valence-electron chi connectivity index (χ4n) is 2.25. The highest BCUT2D eigenvalue weighted by Crippen LogP contribution is 2.28. The number of rotatable bonds is 6. The molecule has 1 unspecified atom stereocenters. The van der Waals surface area contributed by atoms with Crippen LogP contribution in [0.5, 0.6) is 0 Å². The van der Waals surface area contributed by atoms with Crippen molar-refractivity contribution in [3.8, 4) is 0 Å². The second-order valence-electron chi connectivity index (χ2n) is 4.19. The molecule has 1 heterocycles. The van der Waals surface area contributed by atoms with Gasteiger partial charge in [0.15, 0.2) is 0 Å². The molecule has 1 saturated heterocycles. The molecule has 2 nitrogen and oxygen atoms in total. The Morgan fingerprint density at radius 2 is 2.19 bits per heavy atom. The summed E-state index contributed by atoms with van der Waals surface area (Å²) in [5.41, 5.74) is 0. The molecule has 1 aliphatic rings. The molecule has 1 rings (SSSR count). The zero-order valence-corrected chi connectivity index (χ0v) is 11.8. The first-order valence-electron chi connectivity index (χ1n) is 6.22. The van der Waals surface area contributed by atoms with Crippen molar-refractivity contribution >= 4 is 29.3 Å². The topological polar surface area (TPSA) is 20.3 Å². The van der Waals surface area contributed by atoms with E-state index in [0.717, 1.165) is 25.0 Å². The highest BCUT2D eigenvalue weighted by atomic mass is 35.5. The number of nitrogens with zero attached hydrogens (tertiary/aromatic N) is 1. The van der Waals surface area contributed by atoms with Gasteiger partial charge in [0.25, 0.3) is 0 Å². The van der Waals surface area contributed by atoms with Crippen molar-refractivity contribution in [1.29, 1.82) is 0 Å². The van der Waals surface area contributed by atoms with Crippen LogP contribution in [-0.2, 0) is 4.79 Å². The Morgan fingerprint density at radius 3 is 2.62 bits per heavy atom. The van der Waals surface area contributed by atoms with Gasteiger partial charge in [-0.05, 0) is 31.4 Å². The van der Waals surface area contributed by atoms with E-state index in [0.29, 0.717) is 24.4 Å². The summed E-state index contributed by atoms with van der Waals surface area (Å²) in [6.45, 7) is 4.98. The van der Waals surface area contributed by atoms with Crippen LogP contribution < -0.4 is 0 Å². The van der Waals surface area contributed by atoms with Gasteiger partial charge in [0.2, 0.25) is 5.91 Å². The number of carbonyl (C=O) groups is 1. The number of hydrogen-bond acceptors (Lipinski definition) is 2. The minimum Gasteiger partial charge on any atom is -0.338 e. The zero-order chi connectivity index (χ0) is 12.0. The van der Waals surface area contributed by atoms with Crippen LogP contribution in [0.1, 0.15) is 39.5 Å². The Labute approximate surface area is 108 Å². The van der Waals surface area contributed by atoms with Crippen molar-refractivity contribution in [2.45, 2.75) is 50.8 Å². The molecule has 1 atom stereocenters. The normalized spacial score (nSPS) is 20.4. The monoisotopic (exact) mass is 263 g/mol. The lowest BCUT2D eigenvalue weighted by Gasteiger charge is -2.32. The summed E-state index contributed by atoms with van der Waals surface area (Å²) in [4.78, 5) is 14.4. The minimum atomic E-state index is 0.198. The Hall–Kier alpha value is 0.110. The number of hydrogen-bond donors (Lipinski definition) is 0. The summed E-state index contributed by atoms with van der Waals surface area (Å²) in [5, 5.41) is 0.198. The molecule has 0 saturated carbocycles. The van der Waals surface area contributed by atoms with Crippen LogP contribution in [-0.4, -0.2) is 40.3 Å². The average Bonchev–Trinajstić information content (AvgIpc) is 2.82. The molecule has 1 aliphatic heterocycles. The first-order chi connectivity index (χ1) is 7.74. The predicted molar refractivity (Wildman–Crippen MR) is 72.3 cm³/mol. The third-order valence-corrected chi connectivity index (χ3v) is 4.73. The van der Waals surface area contributed by atoms with Crippen molar-refractivity contribution in [2.75, 3.05) is 18.2 Å². The Morgan fingerprint density at radius 1 is 1.50 bits per heavy atom. The average molecular weight is 264 g/mol. The summed E-state index contributed by atoms with van der Waals surface area (Å²) in [6.07, 6.45) is 4.27. The molecular weight excluding hydrogens is 242 g/mol. The van der Waals surface area contributed by atoms with Gasteiger partial charge < -0.3 is 4.90 Å². The minimum absolute atomic E-state index is 0.198. The number of halogens is 1. The summed E-state index contributed by atoms with van der Waals surface area (Å²) in [7, 11) is 0. The molecule has 16 heavy (non-hydrogen) atoms. The van der Waals surface area contributed by atoms with Crippen LogP contribution in [0, 0.1) is 0 Å². The molecule has 0 aromatic carbocycles. The van der Waals surface area contributed by atoms with E-state index >= 15 is 0 Å². The van der Waals surface area contributed by atoms with E-state index in [1.165, 1.54) is 6.42 Å². The quantitative estimate of drug-likeness (QED) is 0.687. The van der Waals surface area contributed by atoms with Crippen molar-refractivity contribution in [3.63, 3.8) is 0 Å². The molecule has 0 bridgehead atoms. The standard InChI is InChI=1S/C12H22ClNOS/c1-3-10(4-2)14(8-7-13)12(15)11-6-5-9-16-11/h10-11H,3-9H2,1-2H3. The van der Waals surface area contributed by atoms with Crippen molar-refractivity contribution in [2.24, 2.45) is 0 Å². The van der Waals surface area contributed by atoms with E-state index in [-0.39, 0.29) is 5.25 Å². The molecule has 0 spiro atoms. The molecule has 1 amide bonds. The first-order valence-corrected chi connectivity index (χ1v) is 7.80. The lowest BCUT2D eigenvalue weighted by Crippen LogP contribution is -2.44. The Balaban J connectivity index is 2.63. The molecular formula is C12H22ClNOS. The van der Waals surface area contributed by atoms with Crippen LogP contribution in [0.4, 0.5) is 0 Å². The van der Waals surface area contributed by atoms with E-state index in [1.54, 1.807) is 0 Å². The second kappa shape index (κ2) is 7.44. The highest BCUT2D eigenvalue weighted by molar-refractivity contribution is 8.00. The number of thioether (sulfide) groups is 1. The van der Waals surface area contributed by atoms with Crippen molar-refractivity contribution < 1.29 is 4.79 Å². The van der Waals surface area contributed by atoms with Gasteiger partial charge in [-0.2, -0.15) is 0 Å². The van der Waals surface area contributed by atoms with Crippen LogP contribution in [0.25, 0.3) is 0 Å². The first kappa shape index (κ1) is 14.2. The second-order valence-corrected chi connectivity index (χ2v) is 5.88. The van der Waals surface area contributed by atoms with Gasteiger partial charge in [-0.15, -0.1) is 23.4 Å². The maximum absolute atomic E-state index is 12.3. The van der Waals surface area contributed by atoms with E-state index in [2.05, 4.69) is 13.8 Å². The van der Waals surface area contributed by atoms with Gasteiger partial charge in [-0.25, -0.2) is 0 Å². The van der Waals surface area contributed by atoms with Gasteiger partial charge in [0.05, 0.1) is 5.25 Å². The predicted octanol–water partition coefficient (Wildman–Crippen LogP) is 3.14. The summed E-state index contributed by atoms with van der Waals surface area (Å²) in [5.74, 6) is 1.99. The molecule has 0 radical (unpaired) electrons. The lowest BCUT2D eigenvalue weighted by molar-refractivity contribution is -0.132. The Bertz CT molecular complexity index is 215. The van der Waals surface area contributed by atoms with Crippen LogP contribution in [0.15, 0.2) is 0 Å². The smallest absolute Gasteiger partial charge is 0.235 e. The lowest BCUT2D eigenvalue weighted by atomic mass is 10.1. The van der Waals surface area contributed by atoms with Crippen LogP contribution in [0.3, 0.4) is 0 Å². The summed E-state index contributed by atoms with van der Waals surface area (Å²) >= 11 is 7.61. The van der Waals surface area contributed by atoms with Crippen molar-refractivity contribution in [1.82, 2.24) is 4.90 Å². The molecule has 0 aromatic heterocycles. The molecule has 1 fully saturated rings. The zero-order valence-electron chi connectivity index (χ0n) is 10.2. The Kier molecular flexibility index (Phi) is 6.59. The molecule has 94 valence electrons. The largest absolute Gasteiger partial charge is 0.338 e. The maximum Gasteiger partial charge on any atom is 0.235 e. The molecule has 4 heteroatoms. The fourth-order valence-corrected chi connectivity index (χ4v) is 3.66. The number of alkyl halides is 1. The van der Waals surface area contributed by atoms with E-state index in [9.17, 15) is 4.79 Å². The van der Waals surface area contributed by atoms with E-state index in [1.807, 2.05) is 16.7 Å². The van der Waals surface area contributed by atoms with E-state index < -0.39 is 0 Å². The van der Waals surface area contributed by atoms with E-state index in [4.69, 9.17) is 11.6 Å². The number of amides is 1. The van der Waals surface area contributed by atoms with Gasteiger partial charge in [0.1, 0.15) is 0 Å². The fraction of sp³-hybridized carbons (Fsp3) is 0.917. The van der Waals surface area contributed by atoms with Crippen LogP contribution >= 0.6 is 23.4 Å². The van der Waals surface area contributed by atoms with Gasteiger partial charge in [-0.1, -0.05) is 13.8 Å². The molecule has 0 N–H and O–H groups in total. The number of carbonyl (C=O) groups excluding carboxylic acids is 1. The summed E-state index contributed by atoms with van der Waals surface area (Å²) < 4.78 is 0.